The summed E-state index contributed by atoms with van der Waals surface area (Å²) in [5, 5.41) is 5.29. The fraction of sp³-hybridized carbons (Fsp3) is 0.444. The number of nitrogens with one attached hydrogen (secondary N) is 2. The van der Waals surface area contributed by atoms with E-state index in [2.05, 4.69) is 10.6 Å². The molecule has 2 saturated heterocycles. The number of halogens is 3. The molecule has 3 amide bonds. The van der Waals surface area contributed by atoms with E-state index in [-0.39, 0.29) is 49.3 Å². The van der Waals surface area contributed by atoms with Crippen LogP contribution in [0, 0.1) is 17.5 Å². The number of piperazine rings is 1. The summed E-state index contributed by atoms with van der Waals surface area (Å²) in [6.45, 7) is 3.40. The van der Waals surface area contributed by atoms with E-state index in [4.69, 9.17) is 10.5 Å². The van der Waals surface area contributed by atoms with Crippen LogP contribution in [0.1, 0.15) is 17.5 Å². The Hall–Kier alpha value is -3.29. The van der Waals surface area contributed by atoms with Gasteiger partial charge >= 0.3 is 0 Å². The van der Waals surface area contributed by atoms with Crippen LogP contribution in [0.2, 0.25) is 0 Å². The van der Waals surface area contributed by atoms with Gasteiger partial charge in [-0.05, 0) is 35.7 Å². The van der Waals surface area contributed by atoms with E-state index in [0.717, 1.165) is 24.7 Å². The Morgan fingerprint density at radius 1 is 1.02 bits per heavy atom. The molecule has 4 N–H and O–H groups in total. The maximum Gasteiger partial charge on any atom is 0.260 e. The first-order valence-electron chi connectivity index (χ1n) is 13.0. The zero-order valence-corrected chi connectivity index (χ0v) is 22.7. The monoisotopic (exact) mass is 579 g/mol. The normalized spacial score (nSPS) is 17.9. The Bertz CT molecular complexity index is 1210. The molecule has 0 radical (unpaired) electrons. The first kappa shape index (κ1) is 29.7. The summed E-state index contributed by atoms with van der Waals surface area (Å²) < 4.78 is 46.2. The quantitative estimate of drug-likeness (QED) is 0.365. The molecule has 2 aromatic rings. The Kier molecular flexibility index (Phi) is 10.3. The molecule has 2 fully saturated rings. The van der Waals surface area contributed by atoms with Crippen LogP contribution in [0.4, 0.5) is 13.2 Å². The van der Waals surface area contributed by atoms with Crippen LogP contribution in [0.25, 0.3) is 0 Å². The minimum atomic E-state index is -1.30. The number of nitrogens with two attached hydrogens (primary N) is 1. The van der Waals surface area contributed by atoms with Crippen molar-refractivity contribution in [2.75, 3.05) is 45.1 Å². The molecule has 13 heteroatoms. The molecule has 0 aliphatic carbocycles. The van der Waals surface area contributed by atoms with Crippen LogP contribution in [0.3, 0.4) is 0 Å². The lowest BCUT2D eigenvalue weighted by Crippen LogP contribution is -2.47. The van der Waals surface area contributed by atoms with Crippen molar-refractivity contribution in [2.24, 2.45) is 5.73 Å². The summed E-state index contributed by atoms with van der Waals surface area (Å²) in [6, 6.07) is 7.37. The molecular weight excluding hydrogens is 547 g/mol. The van der Waals surface area contributed by atoms with Crippen molar-refractivity contribution in [1.29, 1.82) is 0 Å². The number of ether oxygens (including phenoxy) is 1. The van der Waals surface area contributed by atoms with Crippen molar-refractivity contribution in [3.05, 3.63) is 65.0 Å². The van der Waals surface area contributed by atoms with Gasteiger partial charge in [-0.15, -0.1) is 11.8 Å². The predicted molar refractivity (Wildman–Crippen MR) is 144 cm³/mol. The van der Waals surface area contributed by atoms with Gasteiger partial charge in [0.15, 0.2) is 23.6 Å². The number of carbonyl (C=O) groups is 3. The van der Waals surface area contributed by atoms with Gasteiger partial charge in [0.05, 0.1) is 0 Å². The largest absolute Gasteiger partial charge is 0.484 e. The summed E-state index contributed by atoms with van der Waals surface area (Å²) >= 11 is 1.32. The molecule has 4 rings (SSSR count). The molecule has 2 heterocycles. The third-order valence-electron chi connectivity index (χ3n) is 6.67. The Labute approximate surface area is 234 Å². The van der Waals surface area contributed by atoms with Gasteiger partial charge in [0, 0.05) is 63.6 Å². The number of amides is 3. The van der Waals surface area contributed by atoms with Crippen molar-refractivity contribution in [3.63, 3.8) is 0 Å². The minimum Gasteiger partial charge on any atom is -0.484 e. The summed E-state index contributed by atoms with van der Waals surface area (Å²) in [5.74, 6) is -3.09. The van der Waals surface area contributed by atoms with Gasteiger partial charge in [0.2, 0.25) is 5.91 Å². The highest BCUT2D eigenvalue weighted by molar-refractivity contribution is 8.00. The van der Waals surface area contributed by atoms with E-state index in [0.29, 0.717) is 37.2 Å². The van der Waals surface area contributed by atoms with Crippen LogP contribution in [-0.4, -0.2) is 84.0 Å². The van der Waals surface area contributed by atoms with Crippen LogP contribution < -0.4 is 21.1 Å². The van der Waals surface area contributed by atoms with Crippen molar-refractivity contribution in [2.45, 2.75) is 30.8 Å². The molecule has 0 saturated carbocycles. The van der Waals surface area contributed by atoms with Crippen LogP contribution in [0.15, 0.2) is 36.4 Å². The summed E-state index contributed by atoms with van der Waals surface area (Å²) in [7, 11) is 0. The first-order valence-corrected chi connectivity index (χ1v) is 14.0. The number of nitrogens with zero attached hydrogens (tertiary/aromatic N) is 2. The lowest BCUT2D eigenvalue weighted by molar-refractivity contribution is -0.136. The molecular formula is C27H32F3N5O4S. The second-order valence-corrected chi connectivity index (χ2v) is 10.8. The second-order valence-electron chi connectivity index (χ2n) is 9.62. The number of hydrogen-bond donors (Lipinski definition) is 3. The molecule has 1 unspecified atom stereocenters. The van der Waals surface area contributed by atoms with Crippen molar-refractivity contribution < 1.29 is 32.3 Å². The van der Waals surface area contributed by atoms with Gasteiger partial charge in [-0.2, -0.15) is 0 Å². The summed E-state index contributed by atoms with van der Waals surface area (Å²) in [4.78, 5) is 41.2. The Balaban J connectivity index is 1.23. The van der Waals surface area contributed by atoms with Gasteiger partial charge in [-0.3, -0.25) is 14.4 Å². The van der Waals surface area contributed by atoms with Crippen LogP contribution in [-0.2, 0) is 27.3 Å². The maximum absolute atomic E-state index is 13.9. The van der Waals surface area contributed by atoms with E-state index in [9.17, 15) is 27.6 Å². The fourth-order valence-electron chi connectivity index (χ4n) is 4.49. The number of hydrogen-bond acceptors (Lipinski definition) is 7. The van der Waals surface area contributed by atoms with Gasteiger partial charge in [-0.25, -0.2) is 13.2 Å². The molecule has 0 aromatic heterocycles. The molecule has 2 aliphatic rings. The molecule has 40 heavy (non-hydrogen) atoms. The van der Waals surface area contributed by atoms with Gasteiger partial charge in [0.1, 0.15) is 11.6 Å². The number of rotatable bonds is 10. The zero-order chi connectivity index (χ0) is 28.6. The van der Waals surface area contributed by atoms with E-state index < -0.39 is 28.9 Å². The Morgan fingerprint density at radius 2 is 1.73 bits per heavy atom. The minimum absolute atomic E-state index is 0.0434. The SMILES string of the molecule is N[C@@H](CC(=O)N1CCSC1C(=O)NCc1ccc(OCC(=O)N2CCNCC2)cc1)Cc1cc(F)c(F)cc1F. The fourth-order valence-corrected chi connectivity index (χ4v) is 5.65. The molecule has 2 aliphatic heterocycles. The zero-order valence-electron chi connectivity index (χ0n) is 21.8. The second kappa shape index (κ2) is 13.9. The van der Waals surface area contributed by atoms with Gasteiger partial charge < -0.3 is 30.9 Å². The highest BCUT2D eigenvalue weighted by Gasteiger charge is 2.35. The lowest BCUT2D eigenvalue weighted by atomic mass is 10.0. The van der Waals surface area contributed by atoms with Gasteiger partial charge in [0.25, 0.3) is 11.8 Å². The molecule has 2 aromatic carbocycles. The van der Waals surface area contributed by atoms with Crippen molar-refractivity contribution in [3.8, 4) is 5.75 Å². The first-order chi connectivity index (χ1) is 19.2. The number of thioether (sulfide) groups is 1. The summed E-state index contributed by atoms with van der Waals surface area (Å²) in [6.07, 6.45) is -0.336. The van der Waals surface area contributed by atoms with Crippen molar-refractivity contribution >= 4 is 29.5 Å². The molecule has 0 spiro atoms. The Morgan fingerprint density at radius 3 is 2.45 bits per heavy atom. The van der Waals surface area contributed by atoms with E-state index in [1.165, 1.54) is 16.7 Å². The van der Waals surface area contributed by atoms with E-state index in [1.807, 2.05) is 0 Å². The topological polar surface area (TPSA) is 117 Å². The smallest absolute Gasteiger partial charge is 0.260 e. The summed E-state index contributed by atoms with van der Waals surface area (Å²) in [5.41, 5.74) is 6.70. The average molecular weight is 580 g/mol. The third kappa shape index (κ3) is 7.89. The van der Waals surface area contributed by atoms with E-state index >= 15 is 0 Å². The third-order valence-corrected chi connectivity index (χ3v) is 7.87. The molecule has 216 valence electrons. The number of carbonyl (C=O) groups excluding carboxylic acids is 3. The molecule has 0 bridgehead atoms. The molecule has 9 nitrogen and oxygen atoms in total. The standard InChI is InChI=1S/C27H32F3N5O4S/c28-21-14-23(30)22(29)12-18(21)11-19(31)13-24(36)35-9-10-40-27(35)26(38)33-15-17-1-3-20(4-2-17)39-16-25(37)34-7-5-32-6-8-34/h1-4,12,14,19,27,32H,5-11,13,15-16,31H2,(H,33,38)/t19-,27?/m1/s1. The van der Waals surface area contributed by atoms with Crippen LogP contribution >= 0.6 is 11.8 Å². The van der Waals surface area contributed by atoms with E-state index in [1.54, 1.807) is 29.2 Å². The predicted octanol–water partition coefficient (Wildman–Crippen LogP) is 1.39. The lowest BCUT2D eigenvalue weighted by Gasteiger charge is -2.27. The van der Waals surface area contributed by atoms with Gasteiger partial charge in [-0.1, -0.05) is 12.1 Å². The maximum atomic E-state index is 13.9. The van der Waals surface area contributed by atoms with Crippen molar-refractivity contribution in [1.82, 2.24) is 20.4 Å². The van der Waals surface area contributed by atoms with Crippen LogP contribution in [0.5, 0.6) is 5.75 Å². The molecule has 2 atom stereocenters. The highest BCUT2D eigenvalue weighted by Crippen LogP contribution is 2.25. The average Bonchev–Trinajstić information content (AvgIpc) is 3.45. The number of benzene rings is 2. The highest BCUT2D eigenvalue weighted by atomic mass is 32.2.